The number of rotatable bonds is 6. The number of carbonyl (C=O) groups excluding carboxylic acids is 2. The molecule has 7 nitrogen and oxygen atoms in total. The van der Waals surface area contributed by atoms with Crippen LogP contribution in [0.3, 0.4) is 0 Å². The quantitative estimate of drug-likeness (QED) is 0.755. The van der Waals surface area contributed by atoms with Crippen LogP contribution in [0.5, 0.6) is 5.75 Å². The molecular formula is C15H18N4O3S. The van der Waals surface area contributed by atoms with Crippen LogP contribution in [0.15, 0.2) is 29.6 Å². The summed E-state index contributed by atoms with van der Waals surface area (Å²) in [5.41, 5.74) is 1.24. The first kappa shape index (κ1) is 16.8. The zero-order chi connectivity index (χ0) is 16.7. The van der Waals surface area contributed by atoms with Gasteiger partial charge >= 0.3 is 6.03 Å². The van der Waals surface area contributed by atoms with Gasteiger partial charge in [-0.15, -0.1) is 11.3 Å². The van der Waals surface area contributed by atoms with Crippen molar-refractivity contribution in [3.63, 3.8) is 0 Å². The second-order valence-corrected chi connectivity index (χ2v) is 5.41. The van der Waals surface area contributed by atoms with Crippen molar-refractivity contribution in [1.82, 2.24) is 15.6 Å². The summed E-state index contributed by atoms with van der Waals surface area (Å²) in [6, 6.07) is 7.02. The van der Waals surface area contributed by atoms with Crippen LogP contribution < -0.4 is 20.7 Å². The van der Waals surface area contributed by atoms with Gasteiger partial charge in [0.1, 0.15) is 11.4 Å². The van der Waals surface area contributed by atoms with E-state index >= 15 is 0 Å². The molecule has 0 aliphatic carbocycles. The minimum atomic E-state index is -0.377. The fourth-order valence-electron chi connectivity index (χ4n) is 1.75. The van der Waals surface area contributed by atoms with Crippen molar-refractivity contribution in [3.8, 4) is 5.75 Å². The molecule has 0 spiro atoms. The highest BCUT2D eigenvalue weighted by Gasteiger charge is 2.11. The standard InChI is InChI=1S/C15H18N4O3S/c1-3-16-13(20)12-9-23-15(18-12)19-14(21)17-8-10-4-6-11(22-2)7-5-10/h4-7,9H,3,8H2,1-2H3,(H,16,20)(H2,17,18,19,21). The van der Waals surface area contributed by atoms with Gasteiger partial charge in [-0.1, -0.05) is 12.1 Å². The second-order valence-electron chi connectivity index (χ2n) is 4.55. The molecule has 8 heteroatoms. The molecular weight excluding hydrogens is 316 g/mol. The third-order valence-corrected chi connectivity index (χ3v) is 3.66. The molecule has 23 heavy (non-hydrogen) atoms. The van der Waals surface area contributed by atoms with E-state index in [0.29, 0.717) is 23.9 Å². The minimum Gasteiger partial charge on any atom is -0.497 e. The van der Waals surface area contributed by atoms with Crippen LogP contribution in [-0.2, 0) is 6.54 Å². The number of urea groups is 1. The molecule has 0 saturated heterocycles. The Morgan fingerprint density at radius 3 is 2.61 bits per heavy atom. The van der Waals surface area contributed by atoms with Gasteiger partial charge in [0.05, 0.1) is 7.11 Å². The second kappa shape index (κ2) is 8.14. The third kappa shape index (κ3) is 4.96. The average Bonchev–Trinajstić information content (AvgIpc) is 3.02. The Labute approximate surface area is 138 Å². The van der Waals surface area contributed by atoms with E-state index in [1.165, 1.54) is 11.3 Å². The fraction of sp³-hybridized carbons (Fsp3) is 0.267. The molecule has 3 amide bonds. The van der Waals surface area contributed by atoms with Crippen LogP contribution in [0.4, 0.5) is 9.93 Å². The number of hydrogen-bond donors (Lipinski definition) is 3. The minimum absolute atomic E-state index is 0.254. The van der Waals surface area contributed by atoms with Crippen LogP contribution in [-0.4, -0.2) is 30.6 Å². The maximum absolute atomic E-state index is 11.8. The summed E-state index contributed by atoms with van der Waals surface area (Å²) in [4.78, 5) is 27.5. The Bertz CT molecular complexity index is 670. The fourth-order valence-corrected chi connectivity index (χ4v) is 2.44. The number of amides is 3. The Balaban J connectivity index is 1.83. The van der Waals surface area contributed by atoms with Gasteiger partial charge in [0, 0.05) is 18.5 Å². The van der Waals surface area contributed by atoms with Crippen LogP contribution in [0, 0.1) is 0 Å². The number of ether oxygens (including phenoxy) is 1. The van der Waals surface area contributed by atoms with Crippen LogP contribution in [0.25, 0.3) is 0 Å². The molecule has 0 bridgehead atoms. The van der Waals surface area contributed by atoms with Gasteiger partial charge in [0.25, 0.3) is 5.91 Å². The number of nitrogens with one attached hydrogen (secondary N) is 3. The number of carbonyl (C=O) groups is 2. The van der Waals surface area contributed by atoms with Crippen molar-refractivity contribution < 1.29 is 14.3 Å². The molecule has 2 aromatic rings. The number of hydrogen-bond acceptors (Lipinski definition) is 5. The number of methoxy groups -OCH3 is 1. The Kier molecular flexibility index (Phi) is 5.93. The number of thiazole rings is 1. The first-order valence-corrected chi connectivity index (χ1v) is 7.92. The van der Waals surface area contributed by atoms with E-state index < -0.39 is 0 Å². The van der Waals surface area contributed by atoms with Gasteiger partial charge in [-0.3, -0.25) is 10.1 Å². The molecule has 122 valence electrons. The molecule has 2 rings (SSSR count). The molecule has 0 fully saturated rings. The maximum atomic E-state index is 11.8. The summed E-state index contributed by atoms with van der Waals surface area (Å²) in [5, 5.41) is 9.95. The highest BCUT2D eigenvalue weighted by atomic mass is 32.1. The van der Waals surface area contributed by atoms with Crippen molar-refractivity contribution >= 4 is 28.4 Å². The summed E-state index contributed by atoms with van der Waals surface area (Å²) in [6.45, 7) is 2.74. The molecule has 0 aliphatic rings. The van der Waals surface area contributed by atoms with E-state index in [2.05, 4.69) is 20.9 Å². The van der Waals surface area contributed by atoms with Crippen LogP contribution >= 0.6 is 11.3 Å². The first-order valence-electron chi connectivity index (χ1n) is 7.04. The van der Waals surface area contributed by atoms with E-state index in [0.717, 1.165) is 11.3 Å². The highest BCUT2D eigenvalue weighted by Crippen LogP contribution is 2.15. The lowest BCUT2D eigenvalue weighted by Crippen LogP contribution is -2.28. The smallest absolute Gasteiger partial charge is 0.321 e. The molecule has 1 aromatic heterocycles. The summed E-state index contributed by atoms with van der Waals surface area (Å²) < 4.78 is 5.07. The molecule has 3 N–H and O–H groups in total. The van der Waals surface area contributed by atoms with Gasteiger partial charge in [-0.2, -0.15) is 0 Å². The lowest BCUT2D eigenvalue weighted by molar-refractivity contribution is 0.0951. The Hall–Kier alpha value is -2.61. The van der Waals surface area contributed by atoms with Gasteiger partial charge in [0.15, 0.2) is 5.13 Å². The van der Waals surface area contributed by atoms with Crippen molar-refractivity contribution in [2.75, 3.05) is 19.0 Å². The van der Waals surface area contributed by atoms with Gasteiger partial charge in [-0.05, 0) is 24.6 Å². The third-order valence-electron chi connectivity index (χ3n) is 2.91. The lowest BCUT2D eigenvalue weighted by atomic mass is 10.2. The predicted octanol–water partition coefficient (Wildman–Crippen LogP) is 2.22. The van der Waals surface area contributed by atoms with E-state index in [1.54, 1.807) is 12.5 Å². The highest BCUT2D eigenvalue weighted by molar-refractivity contribution is 7.14. The van der Waals surface area contributed by atoms with Crippen LogP contribution in [0.1, 0.15) is 23.0 Å². The molecule has 0 unspecified atom stereocenters. The van der Waals surface area contributed by atoms with E-state index in [-0.39, 0.29) is 11.9 Å². The predicted molar refractivity (Wildman–Crippen MR) is 89.0 cm³/mol. The summed E-state index contributed by atoms with van der Waals surface area (Å²) >= 11 is 1.20. The van der Waals surface area contributed by atoms with Crippen molar-refractivity contribution in [2.24, 2.45) is 0 Å². The summed E-state index contributed by atoms with van der Waals surface area (Å²) in [5.74, 6) is 0.509. The van der Waals surface area contributed by atoms with Crippen LogP contribution in [0.2, 0.25) is 0 Å². The van der Waals surface area contributed by atoms with Gasteiger partial charge < -0.3 is 15.4 Å². The molecule has 0 aliphatic heterocycles. The van der Waals surface area contributed by atoms with Crippen molar-refractivity contribution in [1.29, 1.82) is 0 Å². The zero-order valence-electron chi connectivity index (χ0n) is 12.9. The number of aromatic nitrogens is 1. The summed E-state index contributed by atoms with van der Waals surface area (Å²) in [6.07, 6.45) is 0. The van der Waals surface area contributed by atoms with E-state index in [1.807, 2.05) is 31.2 Å². The summed E-state index contributed by atoms with van der Waals surface area (Å²) in [7, 11) is 1.60. The number of benzene rings is 1. The molecule has 1 aromatic carbocycles. The molecule has 0 radical (unpaired) electrons. The molecule has 0 atom stereocenters. The number of nitrogens with zero attached hydrogens (tertiary/aromatic N) is 1. The normalized spacial score (nSPS) is 10.0. The van der Waals surface area contributed by atoms with Gasteiger partial charge in [0.2, 0.25) is 0 Å². The van der Waals surface area contributed by atoms with E-state index in [9.17, 15) is 9.59 Å². The lowest BCUT2D eigenvalue weighted by Gasteiger charge is -2.06. The average molecular weight is 334 g/mol. The van der Waals surface area contributed by atoms with Crippen molar-refractivity contribution in [2.45, 2.75) is 13.5 Å². The topological polar surface area (TPSA) is 92.4 Å². The SMILES string of the molecule is CCNC(=O)c1csc(NC(=O)NCc2ccc(OC)cc2)n1. The molecule has 0 saturated carbocycles. The maximum Gasteiger partial charge on any atom is 0.321 e. The largest absolute Gasteiger partial charge is 0.497 e. The first-order chi connectivity index (χ1) is 11.1. The molecule has 1 heterocycles. The van der Waals surface area contributed by atoms with E-state index in [4.69, 9.17) is 4.74 Å². The van der Waals surface area contributed by atoms with Gasteiger partial charge in [-0.25, -0.2) is 9.78 Å². The Morgan fingerprint density at radius 2 is 1.96 bits per heavy atom. The monoisotopic (exact) mass is 334 g/mol. The Morgan fingerprint density at radius 1 is 1.22 bits per heavy atom. The number of anilines is 1. The zero-order valence-corrected chi connectivity index (χ0v) is 13.7. The van der Waals surface area contributed by atoms with Crippen molar-refractivity contribution in [3.05, 3.63) is 40.9 Å².